The highest BCUT2D eigenvalue weighted by Crippen LogP contribution is 2.34. The molecule has 1 N–H and O–H groups in total. The van der Waals surface area contributed by atoms with Gasteiger partial charge in [-0.05, 0) is 51.4 Å². The fourth-order valence-corrected chi connectivity index (χ4v) is 5.78. The Balaban J connectivity index is 2.03. The molecule has 0 aromatic heterocycles. The number of likely N-dealkylation sites (N-methyl/N-ethyl adjacent to an activating group) is 2. The average Bonchev–Trinajstić information content (AvgIpc) is 2.84. The number of rotatable bonds is 6. The number of hydrogen-bond donors (Lipinski definition) is 1. The Bertz CT molecular complexity index is 1220. The summed E-state index contributed by atoms with van der Waals surface area (Å²) in [5, 5.41) is 9.79. The number of amides is 1. The lowest BCUT2D eigenvalue weighted by Gasteiger charge is -2.37. The molecule has 2 aromatic carbocycles. The molecule has 0 aliphatic carbocycles. The zero-order valence-electron chi connectivity index (χ0n) is 21.5. The number of nitrogens with zero attached hydrogens (tertiary/aromatic N) is 3. The molecule has 36 heavy (non-hydrogen) atoms. The van der Waals surface area contributed by atoms with E-state index >= 15 is 0 Å². The summed E-state index contributed by atoms with van der Waals surface area (Å²) < 4.78 is 34.8. The Labute approximate surface area is 214 Å². The van der Waals surface area contributed by atoms with Gasteiger partial charge in [0.15, 0.2) is 0 Å². The maximum absolute atomic E-state index is 13.6. The number of ether oxygens (including phenoxy) is 1. The smallest absolute Gasteiger partial charge is 0.247 e. The predicted molar refractivity (Wildman–Crippen MR) is 139 cm³/mol. The maximum atomic E-state index is 13.6. The molecule has 1 aliphatic rings. The van der Waals surface area contributed by atoms with Gasteiger partial charge >= 0.3 is 0 Å². The molecular weight excluding hydrogens is 478 g/mol. The summed E-state index contributed by atoms with van der Waals surface area (Å²) in [6.07, 6.45) is -0.471. The van der Waals surface area contributed by atoms with Crippen LogP contribution < -0.4 is 4.74 Å². The number of hydrogen-bond acceptors (Lipinski definition) is 6. The molecule has 9 heteroatoms. The van der Waals surface area contributed by atoms with Crippen molar-refractivity contribution in [1.82, 2.24) is 14.1 Å². The lowest BCUT2D eigenvalue weighted by Crippen LogP contribution is -2.50. The summed E-state index contributed by atoms with van der Waals surface area (Å²) in [6.45, 7) is 3.96. The monoisotopic (exact) mass is 513 g/mol. The lowest BCUT2D eigenvalue weighted by molar-refractivity contribution is -0.132. The molecule has 2 aromatic rings. The summed E-state index contributed by atoms with van der Waals surface area (Å²) in [5.41, 5.74) is 1.45. The summed E-state index contributed by atoms with van der Waals surface area (Å²) in [7, 11) is 1.43. The normalized spacial score (nSPS) is 20.2. The first kappa shape index (κ1) is 27.7. The van der Waals surface area contributed by atoms with Crippen LogP contribution in [0.3, 0.4) is 0 Å². The first-order valence-electron chi connectivity index (χ1n) is 11.9. The highest BCUT2D eigenvalue weighted by atomic mass is 32.2. The standard InChI is InChI=1S/C27H35N3O5S/c1-20-16-30(21(2)19-31)36(33,34)26-14-13-23(12-11-22-9-7-6-8-10-22)15-24(26)35-25(20)17-29(5)27(32)18-28(3)4/h6-10,13-15,20-21,25,31H,16-19H2,1-5H3/t20-,21-,25+/m0/s1. The van der Waals surface area contributed by atoms with Gasteiger partial charge in [-0.1, -0.05) is 37.0 Å². The molecule has 1 heterocycles. The van der Waals surface area contributed by atoms with E-state index in [1.807, 2.05) is 51.4 Å². The highest BCUT2D eigenvalue weighted by Gasteiger charge is 2.38. The Hall–Kier alpha value is -2.90. The van der Waals surface area contributed by atoms with Crippen LogP contribution in [0.4, 0.5) is 0 Å². The minimum Gasteiger partial charge on any atom is -0.487 e. The number of carbonyl (C=O) groups is 1. The van der Waals surface area contributed by atoms with E-state index < -0.39 is 22.2 Å². The van der Waals surface area contributed by atoms with Crippen molar-refractivity contribution < 1.29 is 23.1 Å². The largest absolute Gasteiger partial charge is 0.487 e. The van der Waals surface area contributed by atoms with Gasteiger partial charge in [-0.3, -0.25) is 4.79 Å². The molecule has 0 radical (unpaired) electrons. The topological polar surface area (TPSA) is 90.4 Å². The molecular formula is C27H35N3O5S. The second-order valence-corrected chi connectivity index (χ2v) is 11.4. The quantitative estimate of drug-likeness (QED) is 0.594. The fraction of sp³-hybridized carbons (Fsp3) is 0.444. The van der Waals surface area contributed by atoms with Crippen LogP contribution in [-0.4, -0.2) is 93.1 Å². The number of aliphatic hydroxyl groups excluding tert-OH is 1. The van der Waals surface area contributed by atoms with Gasteiger partial charge in [0.2, 0.25) is 15.9 Å². The van der Waals surface area contributed by atoms with Crippen molar-refractivity contribution >= 4 is 15.9 Å². The van der Waals surface area contributed by atoms with E-state index in [0.717, 1.165) is 5.56 Å². The van der Waals surface area contributed by atoms with Gasteiger partial charge in [0.25, 0.3) is 0 Å². The van der Waals surface area contributed by atoms with Crippen LogP contribution >= 0.6 is 0 Å². The third kappa shape index (κ3) is 6.65. The summed E-state index contributed by atoms with van der Waals surface area (Å²) in [6, 6.07) is 13.7. The van der Waals surface area contributed by atoms with Crippen LogP contribution in [0, 0.1) is 17.8 Å². The van der Waals surface area contributed by atoms with Crippen molar-refractivity contribution in [3.8, 4) is 17.6 Å². The summed E-state index contributed by atoms with van der Waals surface area (Å²) in [4.78, 5) is 16.0. The van der Waals surface area contributed by atoms with Crippen molar-refractivity contribution in [3.05, 3.63) is 59.7 Å². The molecule has 0 bridgehead atoms. The maximum Gasteiger partial charge on any atom is 0.247 e. The second-order valence-electron chi connectivity index (χ2n) is 9.53. The number of fused-ring (bicyclic) bond motifs is 1. The van der Waals surface area contributed by atoms with E-state index in [9.17, 15) is 18.3 Å². The Morgan fingerprint density at radius 3 is 2.44 bits per heavy atom. The Kier molecular flexibility index (Phi) is 9.14. The lowest BCUT2D eigenvalue weighted by atomic mass is 10.0. The van der Waals surface area contributed by atoms with E-state index in [0.29, 0.717) is 5.56 Å². The molecule has 0 unspecified atom stereocenters. The van der Waals surface area contributed by atoms with Crippen molar-refractivity contribution in [2.45, 2.75) is 30.9 Å². The number of benzene rings is 2. The first-order chi connectivity index (χ1) is 17.0. The molecule has 8 nitrogen and oxygen atoms in total. The average molecular weight is 514 g/mol. The van der Waals surface area contributed by atoms with E-state index in [2.05, 4.69) is 11.8 Å². The molecule has 3 rings (SSSR count). The third-order valence-corrected chi connectivity index (χ3v) is 8.14. The third-order valence-electron chi connectivity index (χ3n) is 6.12. The second kappa shape index (κ2) is 11.9. The van der Waals surface area contributed by atoms with Gasteiger partial charge in [-0.15, -0.1) is 0 Å². The molecule has 0 spiro atoms. The van der Waals surface area contributed by atoms with E-state index in [1.54, 1.807) is 35.9 Å². The molecule has 0 fully saturated rings. The minimum absolute atomic E-state index is 0.0206. The first-order valence-corrected chi connectivity index (χ1v) is 13.4. The van der Waals surface area contributed by atoms with Crippen molar-refractivity contribution in [2.24, 2.45) is 5.92 Å². The SMILES string of the molecule is C[C@H]1CN([C@@H](C)CO)S(=O)(=O)c2ccc(C#Cc3ccccc3)cc2O[C@@H]1CN(C)C(=O)CN(C)C. The van der Waals surface area contributed by atoms with Gasteiger partial charge in [0, 0.05) is 36.7 Å². The number of aliphatic hydroxyl groups is 1. The Morgan fingerprint density at radius 1 is 1.14 bits per heavy atom. The fourth-order valence-electron chi connectivity index (χ4n) is 3.95. The minimum atomic E-state index is -3.94. The Morgan fingerprint density at radius 2 is 1.81 bits per heavy atom. The zero-order valence-corrected chi connectivity index (χ0v) is 22.3. The van der Waals surface area contributed by atoms with Crippen LogP contribution in [0.2, 0.25) is 0 Å². The van der Waals surface area contributed by atoms with Gasteiger partial charge in [-0.2, -0.15) is 4.31 Å². The van der Waals surface area contributed by atoms with E-state index in [-0.39, 0.29) is 48.7 Å². The van der Waals surface area contributed by atoms with Crippen LogP contribution in [0.25, 0.3) is 0 Å². The van der Waals surface area contributed by atoms with Crippen LogP contribution in [0.5, 0.6) is 5.75 Å². The van der Waals surface area contributed by atoms with Crippen molar-refractivity contribution in [1.29, 1.82) is 0 Å². The highest BCUT2D eigenvalue weighted by molar-refractivity contribution is 7.89. The zero-order chi connectivity index (χ0) is 26.5. The molecule has 0 saturated heterocycles. The molecule has 3 atom stereocenters. The van der Waals surface area contributed by atoms with Gasteiger partial charge < -0.3 is 19.6 Å². The molecule has 0 saturated carbocycles. The van der Waals surface area contributed by atoms with Crippen molar-refractivity contribution in [2.75, 3.05) is 47.4 Å². The van der Waals surface area contributed by atoms with Gasteiger partial charge in [0.1, 0.15) is 16.7 Å². The van der Waals surface area contributed by atoms with Crippen LogP contribution in [-0.2, 0) is 14.8 Å². The summed E-state index contributed by atoms with van der Waals surface area (Å²) in [5.74, 6) is 6.03. The van der Waals surface area contributed by atoms with Gasteiger partial charge in [-0.25, -0.2) is 8.42 Å². The molecule has 1 aliphatic heterocycles. The predicted octanol–water partition coefficient (Wildman–Crippen LogP) is 1.88. The van der Waals surface area contributed by atoms with E-state index in [4.69, 9.17) is 4.74 Å². The van der Waals surface area contributed by atoms with Gasteiger partial charge in [0.05, 0.1) is 19.7 Å². The number of sulfonamides is 1. The number of carbonyl (C=O) groups excluding carboxylic acids is 1. The van der Waals surface area contributed by atoms with Crippen LogP contribution in [0.15, 0.2) is 53.4 Å². The van der Waals surface area contributed by atoms with Crippen LogP contribution in [0.1, 0.15) is 25.0 Å². The van der Waals surface area contributed by atoms with Crippen molar-refractivity contribution in [3.63, 3.8) is 0 Å². The van der Waals surface area contributed by atoms with E-state index in [1.165, 1.54) is 10.4 Å². The molecule has 1 amide bonds. The summed E-state index contributed by atoms with van der Waals surface area (Å²) >= 11 is 0. The molecule has 194 valence electrons.